The Bertz CT molecular complexity index is 193. The Balaban J connectivity index is 2.05. The smallest absolute Gasteiger partial charge is 0.219 e. The maximum atomic E-state index is 11.2. The summed E-state index contributed by atoms with van der Waals surface area (Å²) in [6.45, 7) is 4.79. The lowest BCUT2D eigenvalue weighted by Crippen LogP contribution is -2.47. The number of rotatable bonds is 0. The molecule has 3 heteroatoms. The van der Waals surface area contributed by atoms with Crippen molar-refractivity contribution < 1.29 is 4.79 Å². The predicted octanol–water partition coefficient (Wildman–Crippen LogP) is 0.217. The van der Waals surface area contributed by atoms with Gasteiger partial charge >= 0.3 is 0 Å². The fourth-order valence-corrected chi connectivity index (χ4v) is 2.46. The van der Waals surface area contributed by atoms with Crippen molar-refractivity contribution in [1.29, 1.82) is 0 Å². The summed E-state index contributed by atoms with van der Waals surface area (Å²) in [6, 6.07) is 0.497. The molecule has 0 bridgehead atoms. The Labute approximate surface area is 73.1 Å². The molecule has 2 rings (SSSR count). The largest absolute Gasteiger partial charge is 0.338 e. The van der Waals surface area contributed by atoms with E-state index in [0.717, 1.165) is 25.6 Å². The first-order valence-corrected chi connectivity index (χ1v) is 4.77. The van der Waals surface area contributed by atoms with Crippen LogP contribution in [0.15, 0.2) is 0 Å². The van der Waals surface area contributed by atoms with Crippen LogP contribution in [0.1, 0.15) is 19.8 Å². The second-order valence-corrected chi connectivity index (χ2v) is 3.82. The normalized spacial score (nSPS) is 34.9. The number of hydrogen-bond acceptors (Lipinski definition) is 2. The van der Waals surface area contributed by atoms with Crippen molar-refractivity contribution in [1.82, 2.24) is 10.2 Å². The van der Waals surface area contributed by atoms with E-state index in [9.17, 15) is 4.79 Å². The number of amides is 1. The van der Waals surface area contributed by atoms with Gasteiger partial charge in [-0.1, -0.05) is 0 Å². The van der Waals surface area contributed by atoms with Crippen LogP contribution in [0.5, 0.6) is 0 Å². The van der Waals surface area contributed by atoms with Crippen LogP contribution in [0.4, 0.5) is 0 Å². The van der Waals surface area contributed by atoms with Crippen molar-refractivity contribution >= 4 is 5.91 Å². The van der Waals surface area contributed by atoms with Crippen LogP contribution in [0, 0.1) is 5.92 Å². The third-order valence-electron chi connectivity index (χ3n) is 3.14. The van der Waals surface area contributed by atoms with E-state index >= 15 is 0 Å². The first-order valence-electron chi connectivity index (χ1n) is 4.77. The molecule has 0 aromatic carbocycles. The van der Waals surface area contributed by atoms with Gasteiger partial charge in [-0.3, -0.25) is 4.79 Å². The van der Waals surface area contributed by atoms with Gasteiger partial charge in [0.05, 0.1) is 0 Å². The van der Waals surface area contributed by atoms with Crippen LogP contribution in [0.2, 0.25) is 0 Å². The molecule has 0 saturated carbocycles. The number of nitrogens with one attached hydrogen (secondary N) is 1. The van der Waals surface area contributed by atoms with E-state index < -0.39 is 0 Å². The molecule has 2 saturated heterocycles. The van der Waals surface area contributed by atoms with Crippen molar-refractivity contribution in [2.24, 2.45) is 5.92 Å². The van der Waals surface area contributed by atoms with Crippen LogP contribution < -0.4 is 5.32 Å². The molecule has 2 atom stereocenters. The standard InChI is InChI=1S/C9H16N2O/c1-7(12)11-5-3-8-2-4-10-6-9(8)11/h8-10H,2-6H2,1H3/t8-,9-/m0/s1. The van der Waals surface area contributed by atoms with E-state index in [1.54, 1.807) is 6.92 Å². The quantitative estimate of drug-likeness (QED) is 0.561. The SMILES string of the molecule is CC(=O)N1CC[C@@H]2CCNC[C@@H]21. The maximum absolute atomic E-state index is 11.2. The summed E-state index contributed by atoms with van der Waals surface area (Å²) in [6.07, 6.45) is 2.46. The number of carbonyl (C=O) groups excluding carboxylic acids is 1. The first kappa shape index (κ1) is 8.05. The molecular weight excluding hydrogens is 152 g/mol. The average molecular weight is 168 g/mol. The number of piperidine rings is 1. The summed E-state index contributed by atoms with van der Waals surface area (Å²) in [5, 5.41) is 3.35. The predicted molar refractivity (Wildman–Crippen MR) is 46.8 cm³/mol. The lowest BCUT2D eigenvalue weighted by atomic mass is 9.93. The number of nitrogens with zero attached hydrogens (tertiary/aromatic N) is 1. The number of likely N-dealkylation sites (tertiary alicyclic amines) is 1. The summed E-state index contributed by atoms with van der Waals surface area (Å²) in [5.41, 5.74) is 0. The first-order chi connectivity index (χ1) is 5.79. The minimum atomic E-state index is 0.242. The monoisotopic (exact) mass is 168 g/mol. The highest BCUT2D eigenvalue weighted by Crippen LogP contribution is 2.28. The van der Waals surface area contributed by atoms with Crippen molar-refractivity contribution in [3.63, 3.8) is 0 Å². The Morgan fingerprint density at radius 3 is 3.08 bits per heavy atom. The van der Waals surface area contributed by atoms with Crippen LogP contribution in [0.25, 0.3) is 0 Å². The van der Waals surface area contributed by atoms with Gasteiger partial charge < -0.3 is 10.2 Å². The zero-order valence-corrected chi connectivity index (χ0v) is 7.55. The van der Waals surface area contributed by atoms with Crippen LogP contribution in [-0.4, -0.2) is 36.5 Å². The highest BCUT2D eigenvalue weighted by atomic mass is 16.2. The van der Waals surface area contributed by atoms with Crippen LogP contribution >= 0.6 is 0 Å². The van der Waals surface area contributed by atoms with Crippen molar-refractivity contribution in [3.05, 3.63) is 0 Å². The molecule has 2 aliphatic rings. The highest BCUT2D eigenvalue weighted by Gasteiger charge is 2.36. The van der Waals surface area contributed by atoms with Crippen LogP contribution in [-0.2, 0) is 4.79 Å². The molecule has 0 aromatic heterocycles. The van der Waals surface area contributed by atoms with Crippen molar-refractivity contribution in [2.45, 2.75) is 25.8 Å². The molecule has 1 amide bonds. The van der Waals surface area contributed by atoms with Crippen molar-refractivity contribution in [2.75, 3.05) is 19.6 Å². The minimum Gasteiger partial charge on any atom is -0.338 e. The van der Waals surface area contributed by atoms with E-state index in [1.165, 1.54) is 12.8 Å². The van der Waals surface area contributed by atoms with Gasteiger partial charge in [0, 0.05) is 26.1 Å². The zero-order chi connectivity index (χ0) is 8.55. The fraction of sp³-hybridized carbons (Fsp3) is 0.889. The third-order valence-corrected chi connectivity index (χ3v) is 3.14. The zero-order valence-electron chi connectivity index (χ0n) is 7.55. The fourth-order valence-electron chi connectivity index (χ4n) is 2.46. The molecule has 0 spiro atoms. The minimum absolute atomic E-state index is 0.242. The van der Waals surface area contributed by atoms with Crippen molar-refractivity contribution in [3.8, 4) is 0 Å². The van der Waals surface area contributed by atoms with E-state index in [-0.39, 0.29) is 5.91 Å². The lowest BCUT2D eigenvalue weighted by Gasteiger charge is -2.31. The van der Waals surface area contributed by atoms with Gasteiger partial charge in [-0.05, 0) is 25.3 Å². The molecule has 12 heavy (non-hydrogen) atoms. The van der Waals surface area contributed by atoms with Gasteiger partial charge in [0.2, 0.25) is 5.91 Å². The molecule has 3 nitrogen and oxygen atoms in total. The molecule has 2 aliphatic heterocycles. The lowest BCUT2D eigenvalue weighted by molar-refractivity contribution is -0.130. The van der Waals surface area contributed by atoms with Gasteiger partial charge in [-0.25, -0.2) is 0 Å². The summed E-state index contributed by atoms with van der Waals surface area (Å²) in [5.74, 6) is 1.02. The maximum Gasteiger partial charge on any atom is 0.219 e. The number of carbonyl (C=O) groups is 1. The second-order valence-electron chi connectivity index (χ2n) is 3.82. The van der Waals surface area contributed by atoms with E-state index in [0.29, 0.717) is 6.04 Å². The molecule has 0 radical (unpaired) electrons. The number of fused-ring (bicyclic) bond motifs is 1. The van der Waals surface area contributed by atoms with Gasteiger partial charge in [0.25, 0.3) is 0 Å². The molecule has 0 unspecified atom stereocenters. The summed E-state index contributed by atoms with van der Waals surface area (Å²) < 4.78 is 0. The Morgan fingerprint density at radius 1 is 1.50 bits per heavy atom. The highest BCUT2D eigenvalue weighted by molar-refractivity contribution is 5.74. The summed E-state index contributed by atoms with van der Waals surface area (Å²) >= 11 is 0. The third kappa shape index (κ3) is 1.22. The molecule has 2 fully saturated rings. The van der Waals surface area contributed by atoms with Gasteiger partial charge in [0.1, 0.15) is 0 Å². The van der Waals surface area contributed by atoms with E-state index in [1.807, 2.05) is 4.90 Å². The average Bonchev–Trinajstić information content (AvgIpc) is 2.47. The van der Waals surface area contributed by atoms with E-state index in [2.05, 4.69) is 5.32 Å². The number of hydrogen-bond donors (Lipinski definition) is 1. The van der Waals surface area contributed by atoms with Gasteiger partial charge in [0.15, 0.2) is 0 Å². The Hall–Kier alpha value is -0.570. The molecular formula is C9H16N2O. The molecule has 1 N–H and O–H groups in total. The molecule has 2 heterocycles. The second kappa shape index (κ2) is 3.05. The molecule has 68 valence electrons. The summed E-state index contributed by atoms with van der Waals surface area (Å²) in [7, 11) is 0. The van der Waals surface area contributed by atoms with Gasteiger partial charge in [-0.15, -0.1) is 0 Å². The molecule has 0 aromatic rings. The van der Waals surface area contributed by atoms with Crippen LogP contribution in [0.3, 0.4) is 0 Å². The Morgan fingerprint density at radius 2 is 2.33 bits per heavy atom. The topological polar surface area (TPSA) is 32.3 Å². The van der Waals surface area contributed by atoms with Gasteiger partial charge in [-0.2, -0.15) is 0 Å². The van der Waals surface area contributed by atoms with E-state index in [4.69, 9.17) is 0 Å². The summed E-state index contributed by atoms with van der Waals surface area (Å²) in [4.78, 5) is 13.2. The molecule has 0 aliphatic carbocycles. The Kier molecular flexibility index (Phi) is 2.05.